The molecule has 1 aromatic rings. The van der Waals surface area contributed by atoms with Gasteiger partial charge in [-0.05, 0) is 25.1 Å². The Labute approximate surface area is 84.9 Å². The summed E-state index contributed by atoms with van der Waals surface area (Å²) in [5, 5.41) is 0. The van der Waals surface area contributed by atoms with E-state index in [-0.39, 0.29) is 0 Å². The van der Waals surface area contributed by atoms with Crippen LogP contribution in [0.2, 0.25) is 0 Å². The third kappa shape index (κ3) is 1.60. The normalized spacial score (nSPS) is 18.1. The highest BCUT2D eigenvalue weighted by molar-refractivity contribution is 5.45. The van der Waals surface area contributed by atoms with Gasteiger partial charge in [0.25, 0.3) is 0 Å². The topological polar surface area (TPSA) is 42.2 Å². The summed E-state index contributed by atoms with van der Waals surface area (Å²) < 4.78 is 0. The molecule has 1 saturated heterocycles. The third-order valence-electron chi connectivity index (χ3n) is 2.91. The molecule has 0 unspecified atom stereocenters. The molecule has 0 atom stereocenters. The van der Waals surface area contributed by atoms with E-state index in [0.717, 1.165) is 25.2 Å². The monoisotopic (exact) mass is 191 g/mol. The molecule has 1 fully saturated rings. The number of hydrogen-bond donors (Lipinski definition) is 1. The molecule has 0 aliphatic carbocycles. The van der Waals surface area contributed by atoms with Crippen molar-refractivity contribution in [3.05, 3.63) is 23.5 Å². The van der Waals surface area contributed by atoms with Crippen molar-refractivity contribution in [1.82, 2.24) is 9.88 Å². The molecule has 76 valence electrons. The lowest BCUT2D eigenvalue weighted by atomic mass is 9.95. The molecule has 2 rings (SSSR count). The standard InChI is InChI=1S/C11H17N3/c1-3-8-4-11(13-5-10(8)12)9-6-14(2)7-9/h4-5,9H,3,6-7,12H2,1-2H3. The van der Waals surface area contributed by atoms with E-state index in [9.17, 15) is 0 Å². The second-order valence-corrected chi connectivity index (χ2v) is 4.08. The number of aryl methyl sites for hydroxylation is 1. The first kappa shape index (κ1) is 9.46. The fourth-order valence-corrected chi connectivity index (χ4v) is 1.94. The molecule has 0 bridgehead atoms. The first-order valence-corrected chi connectivity index (χ1v) is 5.13. The van der Waals surface area contributed by atoms with Crippen LogP contribution in [-0.2, 0) is 6.42 Å². The van der Waals surface area contributed by atoms with E-state index >= 15 is 0 Å². The van der Waals surface area contributed by atoms with Crippen LogP contribution < -0.4 is 5.73 Å². The lowest BCUT2D eigenvalue weighted by Gasteiger charge is -2.35. The maximum absolute atomic E-state index is 5.81. The Balaban J connectivity index is 2.19. The molecule has 1 aliphatic rings. The van der Waals surface area contributed by atoms with Crippen LogP contribution in [0.25, 0.3) is 0 Å². The zero-order valence-corrected chi connectivity index (χ0v) is 8.83. The highest BCUT2D eigenvalue weighted by atomic mass is 15.2. The molecule has 3 nitrogen and oxygen atoms in total. The van der Waals surface area contributed by atoms with Gasteiger partial charge in [0.2, 0.25) is 0 Å². The number of nitrogens with zero attached hydrogens (tertiary/aromatic N) is 2. The number of nitrogens with two attached hydrogens (primary N) is 1. The summed E-state index contributed by atoms with van der Waals surface area (Å²) in [6.45, 7) is 4.38. The maximum atomic E-state index is 5.81. The summed E-state index contributed by atoms with van der Waals surface area (Å²) in [7, 11) is 2.13. The number of aromatic nitrogens is 1. The predicted octanol–water partition coefficient (Wildman–Crippen LogP) is 1.26. The lowest BCUT2D eigenvalue weighted by molar-refractivity contribution is 0.186. The van der Waals surface area contributed by atoms with Crippen molar-refractivity contribution < 1.29 is 0 Å². The van der Waals surface area contributed by atoms with Gasteiger partial charge in [-0.3, -0.25) is 4.98 Å². The minimum absolute atomic E-state index is 0.617. The number of nitrogen functional groups attached to an aromatic ring is 1. The molecule has 2 heterocycles. The molecule has 0 spiro atoms. The number of likely N-dealkylation sites (N-methyl/N-ethyl adjacent to an activating group) is 1. The van der Waals surface area contributed by atoms with Crippen LogP contribution in [0.4, 0.5) is 5.69 Å². The number of rotatable bonds is 2. The van der Waals surface area contributed by atoms with Crippen molar-refractivity contribution in [3.8, 4) is 0 Å². The molecule has 3 heteroatoms. The highest BCUT2D eigenvalue weighted by Gasteiger charge is 2.26. The van der Waals surface area contributed by atoms with E-state index in [1.54, 1.807) is 6.20 Å². The second-order valence-electron chi connectivity index (χ2n) is 4.08. The minimum atomic E-state index is 0.617. The van der Waals surface area contributed by atoms with Gasteiger partial charge in [-0.2, -0.15) is 0 Å². The third-order valence-corrected chi connectivity index (χ3v) is 2.91. The second kappa shape index (κ2) is 3.58. The van der Waals surface area contributed by atoms with Crippen LogP contribution in [0, 0.1) is 0 Å². The smallest absolute Gasteiger partial charge is 0.0533 e. The van der Waals surface area contributed by atoms with Gasteiger partial charge in [-0.15, -0.1) is 0 Å². The predicted molar refractivity (Wildman–Crippen MR) is 58.3 cm³/mol. The molecular weight excluding hydrogens is 174 g/mol. The van der Waals surface area contributed by atoms with E-state index in [1.165, 1.54) is 11.3 Å². The summed E-state index contributed by atoms with van der Waals surface area (Å²) in [6, 6.07) is 2.16. The lowest BCUT2D eigenvalue weighted by Crippen LogP contribution is -2.42. The van der Waals surface area contributed by atoms with Crippen LogP contribution in [0.5, 0.6) is 0 Å². The van der Waals surface area contributed by atoms with Crippen LogP contribution in [0.15, 0.2) is 12.3 Å². The van der Waals surface area contributed by atoms with Gasteiger partial charge >= 0.3 is 0 Å². The quantitative estimate of drug-likeness (QED) is 0.765. The molecule has 1 aliphatic heterocycles. The fourth-order valence-electron chi connectivity index (χ4n) is 1.94. The highest BCUT2D eigenvalue weighted by Crippen LogP contribution is 2.25. The Kier molecular flexibility index (Phi) is 2.42. The van der Waals surface area contributed by atoms with E-state index < -0.39 is 0 Å². The van der Waals surface area contributed by atoms with Gasteiger partial charge in [-0.1, -0.05) is 6.92 Å². The molecule has 14 heavy (non-hydrogen) atoms. The number of likely N-dealkylation sites (tertiary alicyclic amines) is 1. The zero-order valence-electron chi connectivity index (χ0n) is 8.83. The molecule has 0 aromatic carbocycles. The average molecular weight is 191 g/mol. The fraction of sp³-hybridized carbons (Fsp3) is 0.545. The molecule has 0 saturated carbocycles. The van der Waals surface area contributed by atoms with Crippen molar-refractivity contribution in [1.29, 1.82) is 0 Å². The first-order valence-electron chi connectivity index (χ1n) is 5.13. The SMILES string of the molecule is CCc1cc(C2CN(C)C2)ncc1N. The average Bonchev–Trinajstić information content (AvgIpc) is 2.14. The van der Waals surface area contributed by atoms with Crippen LogP contribution in [0.1, 0.15) is 24.1 Å². The van der Waals surface area contributed by atoms with Gasteiger partial charge in [0.15, 0.2) is 0 Å². The summed E-state index contributed by atoms with van der Waals surface area (Å²) >= 11 is 0. The van der Waals surface area contributed by atoms with Gasteiger partial charge < -0.3 is 10.6 Å². The zero-order chi connectivity index (χ0) is 10.1. The van der Waals surface area contributed by atoms with Crippen LogP contribution >= 0.6 is 0 Å². The van der Waals surface area contributed by atoms with Crippen molar-refractivity contribution in [3.63, 3.8) is 0 Å². The van der Waals surface area contributed by atoms with Gasteiger partial charge in [-0.25, -0.2) is 0 Å². The molecule has 0 amide bonds. The van der Waals surface area contributed by atoms with Crippen molar-refractivity contribution in [2.24, 2.45) is 0 Å². The van der Waals surface area contributed by atoms with E-state index in [2.05, 4.69) is 29.9 Å². The molecular formula is C11H17N3. The van der Waals surface area contributed by atoms with Crippen molar-refractivity contribution in [2.75, 3.05) is 25.9 Å². The maximum Gasteiger partial charge on any atom is 0.0533 e. The van der Waals surface area contributed by atoms with Crippen LogP contribution in [-0.4, -0.2) is 30.0 Å². The van der Waals surface area contributed by atoms with E-state index in [0.29, 0.717) is 5.92 Å². The minimum Gasteiger partial charge on any atom is -0.397 e. The van der Waals surface area contributed by atoms with E-state index in [4.69, 9.17) is 5.73 Å². The summed E-state index contributed by atoms with van der Waals surface area (Å²) in [5.74, 6) is 0.617. The summed E-state index contributed by atoms with van der Waals surface area (Å²) in [5.41, 5.74) is 9.07. The summed E-state index contributed by atoms with van der Waals surface area (Å²) in [4.78, 5) is 6.69. The van der Waals surface area contributed by atoms with Crippen molar-refractivity contribution in [2.45, 2.75) is 19.3 Å². The van der Waals surface area contributed by atoms with Gasteiger partial charge in [0.05, 0.1) is 11.9 Å². The summed E-state index contributed by atoms with van der Waals surface area (Å²) in [6.07, 6.45) is 2.79. The number of hydrogen-bond acceptors (Lipinski definition) is 3. The Morgan fingerprint density at radius 3 is 2.86 bits per heavy atom. The largest absolute Gasteiger partial charge is 0.397 e. The number of pyridine rings is 1. The number of anilines is 1. The molecule has 0 radical (unpaired) electrons. The van der Waals surface area contributed by atoms with Gasteiger partial charge in [0.1, 0.15) is 0 Å². The first-order chi connectivity index (χ1) is 6.70. The Bertz CT molecular complexity index is 329. The Hall–Kier alpha value is -1.09. The Morgan fingerprint density at radius 1 is 1.57 bits per heavy atom. The van der Waals surface area contributed by atoms with Gasteiger partial charge in [0, 0.05) is 24.7 Å². The van der Waals surface area contributed by atoms with E-state index in [1.807, 2.05) is 0 Å². The molecule has 1 aromatic heterocycles. The van der Waals surface area contributed by atoms with Crippen LogP contribution in [0.3, 0.4) is 0 Å². The van der Waals surface area contributed by atoms with Crippen molar-refractivity contribution >= 4 is 5.69 Å². The Morgan fingerprint density at radius 2 is 2.29 bits per heavy atom. The molecule has 2 N–H and O–H groups in total.